The number of amides is 1. The second-order valence-electron chi connectivity index (χ2n) is 5.29. The lowest BCUT2D eigenvalue weighted by atomic mass is 9.90. The maximum absolute atomic E-state index is 11.8. The van der Waals surface area contributed by atoms with E-state index in [1.807, 2.05) is 0 Å². The van der Waals surface area contributed by atoms with E-state index in [1.165, 1.54) is 7.11 Å². The van der Waals surface area contributed by atoms with Gasteiger partial charge in [0.1, 0.15) is 0 Å². The minimum absolute atomic E-state index is 0.101. The third-order valence-corrected chi connectivity index (χ3v) is 4.05. The number of aliphatic carboxylic acids is 1. The van der Waals surface area contributed by atoms with Gasteiger partial charge in [-0.15, -0.1) is 0 Å². The molecular formula is C13H22N2O5. The number of nitrogens with zero attached hydrogens (tertiary/aromatic N) is 2. The molecule has 0 saturated carbocycles. The Balaban J connectivity index is 2.00. The Morgan fingerprint density at radius 1 is 1.30 bits per heavy atom. The highest BCUT2D eigenvalue weighted by Gasteiger charge is 2.36. The van der Waals surface area contributed by atoms with E-state index < -0.39 is 5.97 Å². The van der Waals surface area contributed by atoms with Crippen molar-refractivity contribution >= 4 is 12.1 Å². The van der Waals surface area contributed by atoms with Crippen molar-refractivity contribution in [1.29, 1.82) is 0 Å². The predicted molar refractivity (Wildman–Crippen MR) is 70.5 cm³/mol. The minimum Gasteiger partial charge on any atom is -0.481 e. The molecule has 0 aliphatic carbocycles. The molecule has 20 heavy (non-hydrogen) atoms. The number of carbonyl (C=O) groups excluding carboxylic acids is 1. The summed E-state index contributed by atoms with van der Waals surface area (Å²) in [4.78, 5) is 26.9. The summed E-state index contributed by atoms with van der Waals surface area (Å²) in [7, 11) is 1.36. The molecule has 0 aromatic heterocycles. The number of hydrogen-bond donors (Lipinski definition) is 1. The first-order valence-corrected chi connectivity index (χ1v) is 6.99. The first-order valence-electron chi connectivity index (χ1n) is 6.99. The molecule has 0 aromatic carbocycles. The van der Waals surface area contributed by atoms with Crippen molar-refractivity contribution in [3.63, 3.8) is 0 Å². The highest BCUT2D eigenvalue weighted by atomic mass is 16.5. The smallest absolute Gasteiger partial charge is 0.409 e. The summed E-state index contributed by atoms with van der Waals surface area (Å²) in [6.07, 6.45) is 0.610. The van der Waals surface area contributed by atoms with Crippen molar-refractivity contribution in [2.45, 2.75) is 18.9 Å². The number of hydrogen-bond acceptors (Lipinski definition) is 5. The number of ether oxygens (including phenoxy) is 2. The first kappa shape index (κ1) is 15.1. The van der Waals surface area contributed by atoms with Gasteiger partial charge in [0.2, 0.25) is 0 Å². The SMILES string of the molecule is COC(=O)N1CC[C@H](C(=O)O)C[C@@H]1CN1CCOCC1. The molecule has 1 N–H and O–H groups in total. The zero-order valence-electron chi connectivity index (χ0n) is 11.8. The van der Waals surface area contributed by atoms with Gasteiger partial charge in [0.25, 0.3) is 0 Å². The van der Waals surface area contributed by atoms with Crippen LogP contribution in [-0.2, 0) is 14.3 Å². The van der Waals surface area contributed by atoms with Gasteiger partial charge in [-0.1, -0.05) is 0 Å². The van der Waals surface area contributed by atoms with E-state index in [9.17, 15) is 14.7 Å². The standard InChI is InChI=1S/C13H22N2O5/c1-19-13(18)15-3-2-10(12(16)17)8-11(15)9-14-4-6-20-7-5-14/h10-11H,2-9H2,1H3,(H,16,17)/t10-,11+/m0/s1. The Morgan fingerprint density at radius 3 is 2.60 bits per heavy atom. The maximum atomic E-state index is 11.8. The molecule has 2 aliphatic heterocycles. The number of rotatable bonds is 3. The van der Waals surface area contributed by atoms with Crippen molar-refractivity contribution in [3.05, 3.63) is 0 Å². The van der Waals surface area contributed by atoms with Crippen LogP contribution in [0, 0.1) is 5.92 Å². The van der Waals surface area contributed by atoms with Gasteiger partial charge >= 0.3 is 12.1 Å². The van der Waals surface area contributed by atoms with Crippen molar-refractivity contribution in [3.8, 4) is 0 Å². The lowest BCUT2D eigenvalue weighted by molar-refractivity contribution is -0.144. The summed E-state index contributed by atoms with van der Waals surface area (Å²) in [5.41, 5.74) is 0. The van der Waals surface area contributed by atoms with E-state index in [1.54, 1.807) is 4.90 Å². The molecule has 2 rings (SSSR count). The number of carbonyl (C=O) groups is 2. The largest absolute Gasteiger partial charge is 0.481 e. The molecule has 1 amide bonds. The number of methoxy groups -OCH3 is 1. The molecule has 0 spiro atoms. The van der Waals surface area contributed by atoms with Gasteiger partial charge in [0, 0.05) is 32.2 Å². The molecule has 7 nitrogen and oxygen atoms in total. The van der Waals surface area contributed by atoms with Crippen LogP contribution in [0.4, 0.5) is 4.79 Å². The molecule has 114 valence electrons. The number of carboxylic acids is 1. The summed E-state index contributed by atoms with van der Waals surface area (Å²) in [6, 6.07) is -0.101. The summed E-state index contributed by atoms with van der Waals surface area (Å²) >= 11 is 0. The van der Waals surface area contributed by atoms with Crippen LogP contribution in [0.15, 0.2) is 0 Å². The van der Waals surface area contributed by atoms with E-state index in [4.69, 9.17) is 9.47 Å². The van der Waals surface area contributed by atoms with E-state index in [2.05, 4.69) is 4.90 Å². The lowest BCUT2D eigenvalue weighted by Gasteiger charge is -2.40. The number of morpholine rings is 1. The molecule has 0 bridgehead atoms. The van der Waals surface area contributed by atoms with Crippen LogP contribution in [0.1, 0.15) is 12.8 Å². The predicted octanol–water partition coefficient (Wildman–Crippen LogP) is 0.250. The molecule has 2 atom stereocenters. The second kappa shape index (κ2) is 6.90. The van der Waals surface area contributed by atoms with Crippen LogP contribution in [0.2, 0.25) is 0 Å². The summed E-state index contributed by atoms with van der Waals surface area (Å²) < 4.78 is 10.1. The van der Waals surface area contributed by atoms with Crippen molar-refractivity contribution < 1.29 is 24.2 Å². The van der Waals surface area contributed by atoms with Gasteiger partial charge in [0.05, 0.1) is 26.2 Å². The molecule has 0 aromatic rings. The second-order valence-corrected chi connectivity index (χ2v) is 5.29. The monoisotopic (exact) mass is 286 g/mol. The fourth-order valence-corrected chi connectivity index (χ4v) is 2.89. The molecule has 7 heteroatoms. The molecule has 2 heterocycles. The van der Waals surface area contributed by atoms with Gasteiger partial charge in [0.15, 0.2) is 0 Å². The Labute approximate surface area is 118 Å². The fraction of sp³-hybridized carbons (Fsp3) is 0.846. The Morgan fingerprint density at radius 2 is 2.00 bits per heavy atom. The van der Waals surface area contributed by atoms with Gasteiger partial charge in [-0.05, 0) is 12.8 Å². The third kappa shape index (κ3) is 3.61. The minimum atomic E-state index is -0.776. The highest BCUT2D eigenvalue weighted by molar-refractivity contribution is 5.72. The van der Waals surface area contributed by atoms with Crippen molar-refractivity contribution in [2.75, 3.05) is 46.5 Å². The maximum Gasteiger partial charge on any atom is 0.409 e. The Bertz CT molecular complexity index is 357. The van der Waals surface area contributed by atoms with Crippen molar-refractivity contribution in [2.24, 2.45) is 5.92 Å². The molecule has 2 saturated heterocycles. The van der Waals surface area contributed by atoms with E-state index in [0.29, 0.717) is 39.1 Å². The molecule has 0 unspecified atom stereocenters. The Kier molecular flexibility index (Phi) is 5.19. The van der Waals surface area contributed by atoms with E-state index >= 15 is 0 Å². The Hall–Kier alpha value is -1.34. The average molecular weight is 286 g/mol. The topological polar surface area (TPSA) is 79.3 Å². The molecule has 2 fully saturated rings. The molecule has 0 radical (unpaired) electrons. The van der Waals surface area contributed by atoms with Gasteiger partial charge in [-0.2, -0.15) is 0 Å². The van der Waals surface area contributed by atoms with Crippen LogP contribution in [-0.4, -0.2) is 79.5 Å². The summed E-state index contributed by atoms with van der Waals surface area (Å²) in [5, 5.41) is 9.18. The first-order chi connectivity index (χ1) is 9.61. The number of likely N-dealkylation sites (tertiary alicyclic amines) is 1. The zero-order chi connectivity index (χ0) is 14.5. The van der Waals surface area contributed by atoms with Crippen LogP contribution < -0.4 is 0 Å². The van der Waals surface area contributed by atoms with Crippen LogP contribution >= 0.6 is 0 Å². The van der Waals surface area contributed by atoms with Crippen LogP contribution in [0.3, 0.4) is 0 Å². The summed E-state index contributed by atoms with van der Waals surface area (Å²) in [6.45, 7) is 4.15. The third-order valence-electron chi connectivity index (χ3n) is 4.05. The van der Waals surface area contributed by atoms with Crippen LogP contribution in [0.5, 0.6) is 0 Å². The van der Waals surface area contributed by atoms with Gasteiger partial charge < -0.3 is 19.5 Å². The lowest BCUT2D eigenvalue weighted by Crippen LogP contribution is -2.53. The van der Waals surface area contributed by atoms with E-state index in [0.717, 1.165) is 13.1 Å². The van der Waals surface area contributed by atoms with Crippen molar-refractivity contribution in [1.82, 2.24) is 9.80 Å². The summed E-state index contributed by atoms with van der Waals surface area (Å²) in [5.74, 6) is -1.15. The quantitative estimate of drug-likeness (QED) is 0.801. The average Bonchev–Trinajstić information content (AvgIpc) is 2.47. The van der Waals surface area contributed by atoms with Crippen LogP contribution in [0.25, 0.3) is 0 Å². The normalized spacial score (nSPS) is 28.1. The fourth-order valence-electron chi connectivity index (χ4n) is 2.89. The number of piperidine rings is 1. The highest BCUT2D eigenvalue weighted by Crippen LogP contribution is 2.24. The molecular weight excluding hydrogens is 264 g/mol. The van der Waals surface area contributed by atoms with Gasteiger partial charge in [-0.25, -0.2) is 4.79 Å². The van der Waals surface area contributed by atoms with Gasteiger partial charge in [-0.3, -0.25) is 9.69 Å². The number of carboxylic acid groups (broad SMARTS) is 1. The molecule has 2 aliphatic rings. The zero-order valence-corrected chi connectivity index (χ0v) is 11.8. The van der Waals surface area contributed by atoms with E-state index in [-0.39, 0.29) is 18.1 Å².